The first-order chi connectivity index (χ1) is 18.4. The zero-order valence-corrected chi connectivity index (χ0v) is 21.8. The number of anilines is 3. The van der Waals surface area contributed by atoms with Gasteiger partial charge in [-0.25, -0.2) is 4.98 Å². The van der Waals surface area contributed by atoms with Crippen LogP contribution >= 0.6 is 11.3 Å². The Labute approximate surface area is 223 Å². The van der Waals surface area contributed by atoms with Crippen LogP contribution in [-0.2, 0) is 4.79 Å². The molecule has 2 aliphatic carbocycles. The number of primary amides is 1. The van der Waals surface area contributed by atoms with E-state index in [4.69, 9.17) is 10.5 Å². The molecule has 0 unspecified atom stereocenters. The van der Waals surface area contributed by atoms with E-state index in [1.165, 1.54) is 30.9 Å². The third kappa shape index (κ3) is 5.75. The molecule has 2 fully saturated rings. The number of carbonyl (C=O) groups is 3. The molecule has 0 saturated heterocycles. The summed E-state index contributed by atoms with van der Waals surface area (Å²) in [5, 5.41) is 17.4. The van der Waals surface area contributed by atoms with Crippen molar-refractivity contribution in [2.45, 2.75) is 51.0 Å². The van der Waals surface area contributed by atoms with Crippen LogP contribution in [-0.4, -0.2) is 46.1 Å². The Kier molecular flexibility index (Phi) is 7.50. The second-order valence-corrected chi connectivity index (χ2v) is 10.5. The second kappa shape index (κ2) is 11.1. The van der Waals surface area contributed by atoms with Crippen LogP contribution in [0.1, 0.15) is 65.1 Å². The lowest BCUT2D eigenvalue weighted by Gasteiger charge is -2.22. The summed E-state index contributed by atoms with van der Waals surface area (Å²) in [6.45, 7) is 0. The number of hydrogen-bond acceptors (Lipinski definition) is 9. The van der Waals surface area contributed by atoms with Gasteiger partial charge in [0.05, 0.1) is 30.2 Å². The molecule has 3 aromatic rings. The van der Waals surface area contributed by atoms with E-state index in [0.717, 1.165) is 38.5 Å². The Morgan fingerprint density at radius 1 is 1.05 bits per heavy atom. The van der Waals surface area contributed by atoms with E-state index in [-0.39, 0.29) is 41.0 Å². The predicted molar refractivity (Wildman–Crippen MR) is 144 cm³/mol. The lowest BCUT2D eigenvalue weighted by atomic mass is 9.95. The summed E-state index contributed by atoms with van der Waals surface area (Å²) in [6, 6.07) is 7.12. The number of amides is 3. The molecule has 5 N–H and O–H groups in total. The van der Waals surface area contributed by atoms with Crippen molar-refractivity contribution in [3.05, 3.63) is 41.0 Å². The average Bonchev–Trinajstić information content (AvgIpc) is 3.65. The maximum absolute atomic E-state index is 12.8. The summed E-state index contributed by atoms with van der Waals surface area (Å²) in [5.41, 5.74) is 6.89. The number of methoxy groups -OCH3 is 1. The molecule has 0 bridgehead atoms. The van der Waals surface area contributed by atoms with Crippen LogP contribution < -0.4 is 26.4 Å². The summed E-state index contributed by atoms with van der Waals surface area (Å²) in [7, 11) is 1.52. The minimum absolute atomic E-state index is 0.0197. The van der Waals surface area contributed by atoms with Gasteiger partial charge in [0.2, 0.25) is 5.91 Å². The number of aromatic nitrogens is 3. The Morgan fingerprint density at radius 2 is 1.84 bits per heavy atom. The highest BCUT2D eigenvalue weighted by Gasteiger charge is 2.30. The van der Waals surface area contributed by atoms with E-state index >= 15 is 0 Å². The van der Waals surface area contributed by atoms with Gasteiger partial charge in [0.25, 0.3) is 11.8 Å². The Morgan fingerprint density at radius 3 is 2.55 bits per heavy atom. The molecule has 1 aromatic carbocycles. The van der Waals surface area contributed by atoms with E-state index in [0.29, 0.717) is 26.9 Å². The Bertz CT molecular complexity index is 1370. The average molecular weight is 536 g/mol. The second-order valence-electron chi connectivity index (χ2n) is 9.47. The molecule has 0 radical (unpaired) electrons. The van der Waals surface area contributed by atoms with Crippen LogP contribution in [0.4, 0.5) is 17.2 Å². The van der Waals surface area contributed by atoms with Crippen molar-refractivity contribution in [3.8, 4) is 16.3 Å². The number of nitrogens with two attached hydrogens (primary N) is 1. The molecule has 11 nitrogen and oxygen atoms in total. The molecule has 198 valence electrons. The van der Waals surface area contributed by atoms with Crippen molar-refractivity contribution >= 4 is 46.3 Å². The number of carbonyl (C=O) groups excluding carboxylic acids is 3. The number of hydrogen-bond donors (Lipinski definition) is 4. The lowest BCUT2D eigenvalue weighted by molar-refractivity contribution is -0.117. The quantitative estimate of drug-likeness (QED) is 0.321. The SMILES string of the molecule is COc1c(Nc2cc(NC(=O)C3CC3)nnc2C(N)=O)cccc1-c1ncc(C(=O)NC2CCCCC2)s1. The fourth-order valence-electron chi connectivity index (χ4n) is 4.48. The fourth-order valence-corrected chi connectivity index (χ4v) is 5.32. The number of benzene rings is 1. The maximum atomic E-state index is 12.8. The first-order valence-corrected chi connectivity index (χ1v) is 13.4. The monoisotopic (exact) mass is 535 g/mol. The van der Waals surface area contributed by atoms with Gasteiger partial charge in [-0.3, -0.25) is 14.4 Å². The van der Waals surface area contributed by atoms with Crippen LogP contribution in [0.15, 0.2) is 30.5 Å². The number of nitrogens with one attached hydrogen (secondary N) is 3. The largest absolute Gasteiger partial charge is 0.494 e. The number of para-hydroxylation sites is 1. The van der Waals surface area contributed by atoms with Crippen LogP contribution in [0.2, 0.25) is 0 Å². The predicted octanol–water partition coefficient (Wildman–Crippen LogP) is 3.86. The number of rotatable bonds is 9. The standard InChI is InChI=1S/C26H29N7O4S/c1-37-22-16(26-28-13-19(38-26)25(36)29-15-6-3-2-4-7-15)8-5-9-17(22)30-18-12-20(31-24(35)14-10-11-14)32-33-21(18)23(27)34/h5,8-9,12-15H,2-4,6-7,10-11H2,1H3,(H2,27,34)(H,29,36)(H2,30,31,32,35). The molecule has 38 heavy (non-hydrogen) atoms. The summed E-state index contributed by atoms with van der Waals surface area (Å²) in [6.07, 6.45) is 8.75. The van der Waals surface area contributed by atoms with Gasteiger partial charge in [0.1, 0.15) is 9.88 Å². The van der Waals surface area contributed by atoms with Gasteiger partial charge in [-0.15, -0.1) is 21.5 Å². The minimum atomic E-state index is -0.774. The van der Waals surface area contributed by atoms with Crippen LogP contribution in [0.3, 0.4) is 0 Å². The topological polar surface area (TPSA) is 161 Å². The highest BCUT2D eigenvalue weighted by molar-refractivity contribution is 7.17. The van der Waals surface area contributed by atoms with E-state index in [2.05, 4.69) is 31.1 Å². The third-order valence-electron chi connectivity index (χ3n) is 6.62. The van der Waals surface area contributed by atoms with Gasteiger partial charge >= 0.3 is 0 Å². The van der Waals surface area contributed by atoms with Gasteiger partial charge in [0, 0.05) is 18.0 Å². The van der Waals surface area contributed by atoms with E-state index in [1.807, 2.05) is 6.07 Å². The van der Waals surface area contributed by atoms with Crippen LogP contribution in [0, 0.1) is 5.92 Å². The molecule has 0 spiro atoms. The van der Waals surface area contributed by atoms with Crippen LogP contribution in [0.25, 0.3) is 10.6 Å². The highest BCUT2D eigenvalue weighted by atomic mass is 32.1. The van der Waals surface area contributed by atoms with Gasteiger partial charge in [-0.05, 0) is 37.8 Å². The molecule has 2 saturated carbocycles. The van der Waals surface area contributed by atoms with Crippen molar-refractivity contribution in [2.24, 2.45) is 11.7 Å². The smallest absolute Gasteiger partial charge is 0.271 e. The molecule has 0 atom stereocenters. The zero-order valence-electron chi connectivity index (χ0n) is 21.0. The van der Waals surface area contributed by atoms with Crippen LogP contribution in [0.5, 0.6) is 5.75 Å². The van der Waals surface area contributed by atoms with Crippen molar-refractivity contribution < 1.29 is 19.1 Å². The Hall–Kier alpha value is -4.06. The van der Waals surface area contributed by atoms with Gasteiger partial charge in [-0.1, -0.05) is 25.3 Å². The Balaban J connectivity index is 1.39. The molecule has 2 aliphatic rings. The summed E-state index contributed by atoms with van der Waals surface area (Å²) >= 11 is 1.28. The third-order valence-corrected chi connectivity index (χ3v) is 7.64. The first-order valence-electron chi connectivity index (χ1n) is 12.6. The molecule has 2 aromatic heterocycles. The summed E-state index contributed by atoms with van der Waals surface area (Å²) in [4.78, 5) is 42.0. The van der Waals surface area contributed by atoms with E-state index in [1.54, 1.807) is 18.3 Å². The molecule has 5 rings (SSSR count). The molecule has 0 aliphatic heterocycles. The van der Waals surface area contributed by atoms with Gasteiger partial charge in [0.15, 0.2) is 17.3 Å². The summed E-state index contributed by atoms with van der Waals surface area (Å²) in [5.74, 6) is -0.389. The molecule has 2 heterocycles. The molecular weight excluding hydrogens is 506 g/mol. The van der Waals surface area contributed by atoms with Crippen molar-refractivity contribution in [1.82, 2.24) is 20.5 Å². The molecule has 12 heteroatoms. The summed E-state index contributed by atoms with van der Waals surface area (Å²) < 4.78 is 5.71. The van der Waals surface area contributed by atoms with Crippen molar-refractivity contribution in [1.29, 1.82) is 0 Å². The first kappa shape index (κ1) is 25.6. The lowest BCUT2D eigenvalue weighted by Crippen LogP contribution is -2.35. The maximum Gasteiger partial charge on any atom is 0.271 e. The number of ether oxygens (including phenoxy) is 1. The normalized spacial score (nSPS) is 15.5. The minimum Gasteiger partial charge on any atom is -0.494 e. The fraction of sp³-hybridized carbons (Fsp3) is 0.385. The number of thiazole rings is 1. The highest BCUT2D eigenvalue weighted by Crippen LogP contribution is 2.40. The molecular formula is C26H29N7O4S. The molecule has 3 amide bonds. The number of nitrogens with zero attached hydrogens (tertiary/aromatic N) is 3. The van der Waals surface area contributed by atoms with Crippen molar-refractivity contribution in [2.75, 3.05) is 17.7 Å². The van der Waals surface area contributed by atoms with Crippen molar-refractivity contribution in [3.63, 3.8) is 0 Å². The van der Waals surface area contributed by atoms with E-state index < -0.39 is 5.91 Å². The zero-order chi connectivity index (χ0) is 26.6. The van der Waals surface area contributed by atoms with E-state index in [9.17, 15) is 14.4 Å². The van der Waals surface area contributed by atoms with Gasteiger partial charge in [-0.2, -0.15) is 0 Å². The van der Waals surface area contributed by atoms with Gasteiger partial charge < -0.3 is 26.4 Å².